The highest BCUT2D eigenvalue weighted by Gasteiger charge is 2.26. The number of carbonyl (C=O) groups is 1. The Kier molecular flexibility index (Phi) is 6.23. The third-order valence-electron chi connectivity index (χ3n) is 6.23. The molecule has 0 aliphatic carbocycles. The smallest absolute Gasteiger partial charge is 0.326 e. The predicted molar refractivity (Wildman–Crippen MR) is 120 cm³/mol. The minimum absolute atomic E-state index is 0.00934. The van der Waals surface area contributed by atoms with E-state index < -0.39 is 0 Å². The van der Waals surface area contributed by atoms with E-state index in [0.717, 1.165) is 43.5 Å². The Hall–Kier alpha value is -2.93. The van der Waals surface area contributed by atoms with Gasteiger partial charge in [-0.25, -0.2) is 9.18 Å². The highest BCUT2D eigenvalue weighted by molar-refractivity contribution is 5.94. The van der Waals surface area contributed by atoms with Gasteiger partial charge in [-0.05, 0) is 55.2 Å². The highest BCUT2D eigenvalue weighted by atomic mass is 19.1. The lowest BCUT2D eigenvalue weighted by Crippen LogP contribution is -2.49. The summed E-state index contributed by atoms with van der Waals surface area (Å²) in [5, 5.41) is 3.11. The molecule has 1 aliphatic heterocycles. The zero-order chi connectivity index (χ0) is 22.0. The quantitative estimate of drug-likeness (QED) is 0.636. The lowest BCUT2D eigenvalue weighted by Gasteiger charge is -2.36. The molecule has 0 bridgehead atoms. The van der Waals surface area contributed by atoms with Gasteiger partial charge in [0.2, 0.25) is 0 Å². The molecule has 7 heteroatoms. The lowest BCUT2D eigenvalue weighted by atomic mass is 9.99. The summed E-state index contributed by atoms with van der Waals surface area (Å²) in [6, 6.07) is 13.6. The molecule has 1 aliphatic rings. The van der Waals surface area contributed by atoms with Crippen molar-refractivity contribution in [2.45, 2.75) is 38.8 Å². The summed E-state index contributed by atoms with van der Waals surface area (Å²) in [4.78, 5) is 30.4. The van der Waals surface area contributed by atoms with Crippen LogP contribution in [0.25, 0.3) is 11.0 Å². The van der Waals surface area contributed by atoms with Crippen LogP contribution in [0.15, 0.2) is 53.3 Å². The second kappa shape index (κ2) is 9.06. The zero-order valence-corrected chi connectivity index (χ0v) is 18.0. The van der Waals surface area contributed by atoms with Gasteiger partial charge in [-0.15, -0.1) is 0 Å². The zero-order valence-electron chi connectivity index (χ0n) is 18.0. The Morgan fingerprint density at radius 3 is 2.48 bits per heavy atom. The van der Waals surface area contributed by atoms with E-state index in [1.807, 2.05) is 28.8 Å². The Balaban J connectivity index is 1.38. The van der Waals surface area contributed by atoms with Crippen LogP contribution in [0, 0.1) is 11.7 Å². The first kappa shape index (κ1) is 21.3. The minimum atomic E-state index is -0.353. The molecule has 2 aromatic carbocycles. The average Bonchev–Trinajstić information content (AvgIpc) is 3.10. The molecule has 3 aromatic rings. The molecule has 1 aromatic heterocycles. The number of carbonyl (C=O) groups excluding carboxylic acids is 1. The summed E-state index contributed by atoms with van der Waals surface area (Å²) in [5.41, 5.74) is 2.24. The normalized spacial score (nSPS) is 16.6. The van der Waals surface area contributed by atoms with E-state index in [0.29, 0.717) is 5.56 Å². The van der Waals surface area contributed by atoms with E-state index >= 15 is 0 Å². The molecule has 1 amide bonds. The summed E-state index contributed by atoms with van der Waals surface area (Å²) in [6.07, 6.45) is 1.77. The Bertz CT molecular complexity index is 1090. The average molecular weight is 425 g/mol. The number of imidazole rings is 1. The summed E-state index contributed by atoms with van der Waals surface area (Å²) in [5.74, 6) is -0.272. The van der Waals surface area contributed by atoms with Crippen molar-refractivity contribution in [1.29, 1.82) is 0 Å². The molecule has 1 fully saturated rings. The lowest BCUT2D eigenvalue weighted by molar-refractivity contribution is 0.0895. The number of nitrogens with zero attached hydrogens (tertiary/aromatic N) is 2. The third kappa shape index (κ3) is 4.71. The van der Waals surface area contributed by atoms with Crippen LogP contribution in [0.3, 0.4) is 0 Å². The van der Waals surface area contributed by atoms with Crippen LogP contribution in [0.2, 0.25) is 0 Å². The summed E-state index contributed by atoms with van der Waals surface area (Å²) in [6.45, 7) is 6.67. The van der Waals surface area contributed by atoms with E-state index in [4.69, 9.17) is 0 Å². The Morgan fingerprint density at radius 1 is 1.13 bits per heavy atom. The van der Waals surface area contributed by atoms with Gasteiger partial charge in [0.25, 0.3) is 5.91 Å². The van der Waals surface area contributed by atoms with Crippen molar-refractivity contribution in [1.82, 2.24) is 19.8 Å². The van der Waals surface area contributed by atoms with Gasteiger partial charge in [0.05, 0.1) is 11.0 Å². The topological polar surface area (TPSA) is 70.1 Å². The number of aromatic nitrogens is 2. The number of fused-ring (bicyclic) bond motifs is 1. The molecule has 1 saturated heterocycles. The molecule has 0 saturated carbocycles. The molecular weight excluding hydrogens is 395 g/mol. The first-order valence-corrected chi connectivity index (χ1v) is 10.9. The number of hydrogen-bond acceptors (Lipinski definition) is 3. The van der Waals surface area contributed by atoms with Crippen molar-refractivity contribution < 1.29 is 9.18 Å². The molecule has 6 nitrogen and oxygen atoms in total. The molecule has 1 atom stereocenters. The maximum Gasteiger partial charge on any atom is 0.326 e. The fraction of sp³-hybridized carbons (Fsp3) is 0.417. The standard InChI is InChI=1S/C24H29FN4O2/c1-16(2)21(26-23(30)17-7-9-18(25)10-8-17)15-28-13-11-19(12-14-28)29-22-6-4-3-5-20(22)27-24(29)31/h3-10,16,19,21H,11-15H2,1-2H3,(H,26,30)(H,27,31)/t21-/m1/s1. The highest BCUT2D eigenvalue weighted by Crippen LogP contribution is 2.25. The largest absolute Gasteiger partial charge is 0.348 e. The van der Waals surface area contributed by atoms with Gasteiger partial charge in [0.1, 0.15) is 5.82 Å². The first-order valence-electron chi connectivity index (χ1n) is 10.9. The van der Waals surface area contributed by atoms with Crippen molar-refractivity contribution in [3.63, 3.8) is 0 Å². The minimum Gasteiger partial charge on any atom is -0.348 e. The van der Waals surface area contributed by atoms with E-state index in [9.17, 15) is 14.0 Å². The second-order valence-corrected chi connectivity index (χ2v) is 8.68. The Morgan fingerprint density at radius 2 is 1.81 bits per heavy atom. The van der Waals surface area contributed by atoms with Crippen LogP contribution in [-0.2, 0) is 0 Å². The van der Waals surface area contributed by atoms with Gasteiger partial charge in [-0.1, -0.05) is 26.0 Å². The number of nitrogens with one attached hydrogen (secondary N) is 2. The number of rotatable bonds is 6. The van der Waals surface area contributed by atoms with Crippen molar-refractivity contribution in [2.24, 2.45) is 5.92 Å². The monoisotopic (exact) mass is 424 g/mol. The summed E-state index contributed by atoms with van der Waals surface area (Å²) in [7, 11) is 0. The molecule has 0 spiro atoms. The van der Waals surface area contributed by atoms with Gasteiger partial charge < -0.3 is 15.2 Å². The van der Waals surface area contributed by atoms with E-state index in [1.165, 1.54) is 24.3 Å². The van der Waals surface area contributed by atoms with Gasteiger partial charge >= 0.3 is 5.69 Å². The molecule has 164 valence electrons. The number of piperidine rings is 1. The van der Waals surface area contributed by atoms with Crippen molar-refractivity contribution in [3.05, 3.63) is 70.4 Å². The molecule has 0 unspecified atom stereocenters. The number of hydrogen-bond donors (Lipinski definition) is 2. The van der Waals surface area contributed by atoms with Crippen LogP contribution in [0.4, 0.5) is 4.39 Å². The molecular formula is C24H29FN4O2. The maximum absolute atomic E-state index is 13.1. The van der Waals surface area contributed by atoms with Crippen LogP contribution in [0.5, 0.6) is 0 Å². The number of amides is 1. The number of para-hydroxylation sites is 2. The second-order valence-electron chi connectivity index (χ2n) is 8.68. The van der Waals surface area contributed by atoms with Crippen LogP contribution in [0.1, 0.15) is 43.1 Å². The van der Waals surface area contributed by atoms with Crippen molar-refractivity contribution in [3.8, 4) is 0 Å². The molecule has 4 rings (SSSR count). The number of likely N-dealkylation sites (tertiary alicyclic amines) is 1. The van der Waals surface area contributed by atoms with E-state index in [2.05, 4.69) is 29.0 Å². The SMILES string of the molecule is CC(C)[C@@H](CN1CCC(n2c(=O)[nH]c3ccccc32)CC1)NC(=O)c1ccc(F)cc1. The van der Waals surface area contributed by atoms with E-state index in [1.54, 1.807) is 0 Å². The van der Waals surface area contributed by atoms with Gasteiger partial charge in [-0.2, -0.15) is 0 Å². The summed E-state index contributed by atoms with van der Waals surface area (Å²) >= 11 is 0. The fourth-order valence-corrected chi connectivity index (χ4v) is 4.35. The van der Waals surface area contributed by atoms with Gasteiger partial charge in [-0.3, -0.25) is 9.36 Å². The van der Waals surface area contributed by atoms with Gasteiger partial charge in [0, 0.05) is 37.3 Å². The molecule has 0 radical (unpaired) electrons. The van der Waals surface area contributed by atoms with Crippen molar-refractivity contribution >= 4 is 16.9 Å². The molecule has 2 heterocycles. The van der Waals surface area contributed by atoms with Crippen LogP contribution < -0.4 is 11.0 Å². The van der Waals surface area contributed by atoms with Gasteiger partial charge in [0.15, 0.2) is 0 Å². The third-order valence-corrected chi connectivity index (χ3v) is 6.23. The molecule has 31 heavy (non-hydrogen) atoms. The number of benzene rings is 2. The maximum atomic E-state index is 13.1. The fourth-order valence-electron chi connectivity index (χ4n) is 4.35. The summed E-state index contributed by atoms with van der Waals surface area (Å²) < 4.78 is 15.0. The number of aromatic amines is 1. The van der Waals surface area contributed by atoms with Crippen LogP contribution >= 0.6 is 0 Å². The number of halogens is 1. The number of H-pyrrole nitrogens is 1. The van der Waals surface area contributed by atoms with Crippen molar-refractivity contribution in [2.75, 3.05) is 19.6 Å². The Labute approximate surface area is 181 Å². The van der Waals surface area contributed by atoms with Crippen LogP contribution in [-0.4, -0.2) is 46.0 Å². The first-order chi connectivity index (χ1) is 14.9. The molecule has 2 N–H and O–H groups in total. The predicted octanol–water partition coefficient (Wildman–Crippen LogP) is 3.56. The van der Waals surface area contributed by atoms with E-state index in [-0.39, 0.29) is 35.4 Å².